The van der Waals surface area contributed by atoms with Crippen LogP contribution in [0.1, 0.15) is 25.5 Å². The number of hydrogen-bond acceptors (Lipinski definition) is 5. The SMILES string of the molecule is CCCn1c(=O)n(CCC(=O)Nc2ccc(OC)c(OCc3cn4ccccc4n3)c2)c2ccccc21. The zero-order valence-electron chi connectivity index (χ0n) is 20.9. The van der Waals surface area contributed by atoms with Crippen molar-refractivity contribution in [3.63, 3.8) is 0 Å². The van der Waals surface area contributed by atoms with Crippen LogP contribution in [0.25, 0.3) is 16.7 Å². The minimum Gasteiger partial charge on any atom is -0.493 e. The molecule has 5 aromatic rings. The third-order valence-electron chi connectivity index (χ3n) is 6.17. The summed E-state index contributed by atoms with van der Waals surface area (Å²) < 4.78 is 16.8. The lowest BCUT2D eigenvalue weighted by Crippen LogP contribution is -2.26. The van der Waals surface area contributed by atoms with Gasteiger partial charge in [-0.15, -0.1) is 0 Å². The van der Waals surface area contributed by atoms with Gasteiger partial charge in [0.2, 0.25) is 5.91 Å². The molecule has 0 spiro atoms. The Kier molecular flexibility index (Phi) is 6.93. The molecule has 0 saturated carbocycles. The summed E-state index contributed by atoms with van der Waals surface area (Å²) >= 11 is 0. The lowest BCUT2D eigenvalue weighted by molar-refractivity contribution is -0.116. The zero-order chi connectivity index (χ0) is 25.8. The van der Waals surface area contributed by atoms with Gasteiger partial charge < -0.3 is 19.2 Å². The van der Waals surface area contributed by atoms with Gasteiger partial charge in [-0.25, -0.2) is 9.78 Å². The van der Waals surface area contributed by atoms with Crippen molar-refractivity contribution >= 4 is 28.3 Å². The quantitative estimate of drug-likeness (QED) is 0.306. The molecule has 2 aromatic carbocycles. The number of amides is 1. The molecular formula is C28H29N5O4. The van der Waals surface area contributed by atoms with Crippen LogP contribution in [0.4, 0.5) is 5.69 Å². The zero-order valence-corrected chi connectivity index (χ0v) is 20.9. The number of anilines is 1. The first-order valence-electron chi connectivity index (χ1n) is 12.3. The minimum atomic E-state index is -0.198. The van der Waals surface area contributed by atoms with Crippen molar-refractivity contribution < 1.29 is 14.3 Å². The molecule has 3 aromatic heterocycles. The van der Waals surface area contributed by atoms with E-state index in [0.717, 1.165) is 28.8 Å². The highest BCUT2D eigenvalue weighted by Crippen LogP contribution is 2.31. The summed E-state index contributed by atoms with van der Waals surface area (Å²) in [7, 11) is 1.57. The van der Waals surface area contributed by atoms with E-state index in [1.165, 1.54) is 0 Å². The Balaban J connectivity index is 1.27. The molecule has 5 rings (SSSR count). The van der Waals surface area contributed by atoms with Crippen LogP contribution in [0.5, 0.6) is 11.5 Å². The summed E-state index contributed by atoms with van der Waals surface area (Å²) in [5.74, 6) is 0.851. The molecule has 0 unspecified atom stereocenters. The second kappa shape index (κ2) is 10.6. The van der Waals surface area contributed by atoms with E-state index in [1.54, 1.807) is 34.4 Å². The molecule has 1 amide bonds. The number of hydrogen-bond donors (Lipinski definition) is 1. The van der Waals surface area contributed by atoms with Crippen molar-refractivity contribution in [3.05, 3.63) is 89.2 Å². The molecule has 0 atom stereocenters. The first-order valence-corrected chi connectivity index (χ1v) is 12.3. The fraction of sp³-hybridized carbons (Fsp3) is 0.250. The Morgan fingerprint density at radius 1 is 0.973 bits per heavy atom. The molecule has 0 radical (unpaired) electrons. The predicted octanol–water partition coefficient (Wildman–Crippen LogP) is 4.48. The van der Waals surface area contributed by atoms with Gasteiger partial charge in [-0.2, -0.15) is 0 Å². The maximum Gasteiger partial charge on any atom is 0.329 e. The number of carbonyl (C=O) groups excluding carboxylic acids is 1. The summed E-state index contributed by atoms with van der Waals surface area (Å²) in [5, 5.41) is 2.91. The number of ether oxygens (including phenoxy) is 2. The number of rotatable bonds is 10. The summed E-state index contributed by atoms with van der Waals surface area (Å²) in [6.45, 7) is 3.22. The second-order valence-corrected chi connectivity index (χ2v) is 8.73. The molecule has 3 heterocycles. The number of fused-ring (bicyclic) bond motifs is 2. The number of para-hydroxylation sites is 2. The number of aryl methyl sites for hydroxylation is 2. The van der Waals surface area contributed by atoms with Gasteiger partial charge in [0.15, 0.2) is 11.5 Å². The number of methoxy groups -OCH3 is 1. The van der Waals surface area contributed by atoms with E-state index in [4.69, 9.17) is 9.47 Å². The highest BCUT2D eigenvalue weighted by atomic mass is 16.5. The van der Waals surface area contributed by atoms with E-state index in [2.05, 4.69) is 10.3 Å². The third-order valence-corrected chi connectivity index (χ3v) is 6.17. The van der Waals surface area contributed by atoms with Gasteiger partial charge in [-0.1, -0.05) is 25.1 Å². The number of benzene rings is 2. The second-order valence-electron chi connectivity index (χ2n) is 8.73. The van der Waals surface area contributed by atoms with Crippen molar-refractivity contribution in [3.8, 4) is 11.5 Å². The van der Waals surface area contributed by atoms with E-state index < -0.39 is 0 Å². The molecule has 0 bridgehead atoms. The molecule has 0 aliphatic carbocycles. The van der Waals surface area contributed by atoms with Crippen LogP contribution in [0, 0.1) is 0 Å². The largest absolute Gasteiger partial charge is 0.493 e. The highest BCUT2D eigenvalue weighted by molar-refractivity contribution is 5.91. The predicted molar refractivity (Wildman–Crippen MR) is 142 cm³/mol. The molecule has 9 nitrogen and oxygen atoms in total. The number of nitrogens with one attached hydrogen (secondary N) is 1. The van der Waals surface area contributed by atoms with E-state index in [0.29, 0.717) is 23.7 Å². The van der Waals surface area contributed by atoms with E-state index in [-0.39, 0.29) is 31.2 Å². The van der Waals surface area contributed by atoms with Gasteiger partial charge in [0.25, 0.3) is 0 Å². The maximum atomic E-state index is 13.0. The number of nitrogens with zero attached hydrogens (tertiary/aromatic N) is 4. The molecular weight excluding hydrogens is 470 g/mol. The molecule has 0 aliphatic heterocycles. The van der Waals surface area contributed by atoms with Gasteiger partial charge >= 0.3 is 5.69 Å². The molecule has 1 N–H and O–H groups in total. The summed E-state index contributed by atoms with van der Waals surface area (Å²) in [6, 6.07) is 18.7. The lowest BCUT2D eigenvalue weighted by Gasteiger charge is -2.12. The van der Waals surface area contributed by atoms with Gasteiger partial charge in [0.05, 0.1) is 23.8 Å². The fourth-order valence-corrected chi connectivity index (χ4v) is 4.44. The molecule has 190 valence electrons. The average Bonchev–Trinajstić information content (AvgIpc) is 3.45. The summed E-state index contributed by atoms with van der Waals surface area (Å²) in [5.41, 5.74) is 3.82. The number of imidazole rings is 2. The highest BCUT2D eigenvalue weighted by Gasteiger charge is 2.14. The number of carbonyl (C=O) groups is 1. The maximum absolute atomic E-state index is 13.0. The van der Waals surface area contributed by atoms with E-state index in [1.807, 2.05) is 66.2 Å². The first kappa shape index (κ1) is 24.2. The van der Waals surface area contributed by atoms with Crippen molar-refractivity contribution in [2.45, 2.75) is 39.5 Å². The van der Waals surface area contributed by atoms with Crippen molar-refractivity contribution in [1.29, 1.82) is 0 Å². The monoisotopic (exact) mass is 499 g/mol. The summed E-state index contributed by atoms with van der Waals surface area (Å²) in [6.07, 6.45) is 4.85. The fourth-order valence-electron chi connectivity index (χ4n) is 4.44. The lowest BCUT2D eigenvalue weighted by atomic mass is 10.2. The third kappa shape index (κ3) is 5.06. The normalized spacial score (nSPS) is 11.2. The smallest absolute Gasteiger partial charge is 0.329 e. The number of aromatic nitrogens is 4. The first-order chi connectivity index (χ1) is 18.1. The van der Waals surface area contributed by atoms with Gasteiger partial charge in [-0.05, 0) is 42.8 Å². The van der Waals surface area contributed by atoms with Gasteiger partial charge in [0, 0.05) is 43.7 Å². The van der Waals surface area contributed by atoms with Crippen LogP contribution in [-0.2, 0) is 24.5 Å². The number of pyridine rings is 1. The molecule has 0 aliphatic rings. The van der Waals surface area contributed by atoms with Crippen LogP contribution in [0.15, 0.2) is 77.9 Å². The van der Waals surface area contributed by atoms with Crippen LogP contribution >= 0.6 is 0 Å². The Hall–Kier alpha value is -4.53. The Morgan fingerprint density at radius 3 is 2.46 bits per heavy atom. The molecule has 37 heavy (non-hydrogen) atoms. The Bertz CT molecular complexity index is 1580. The van der Waals surface area contributed by atoms with E-state index >= 15 is 0 Å². The standard InChI is InChI=1S/C28H29N5O4/c1-3-14-32-22-8-4-5-9-23(22)33(28(32)35)16-13-27(34)30-20-11-12-24(36-2)25(17-20)37-19-21-18-31-15-7-6-10-26(31)29-21/h4-12,15,17-18H,3,13-14,16,19H2,1-2H3,(H,30,34). The average molecular weight is 500 g/mol. The minimum absolute atomic E-state index is 0.0945. The molecule has 0 fully saturated rings. The van der Waals surface area contributed by atoms with Crippen LogP contribution < -0.4 is 20.5 Å². The van der Waals surface area contributed by atoms with Crippen molar-refractivity contribution in [2.75, 3.05) is 12.4 Å². The Labute approximate surface area is 213 Å². The molecule has 9 heteroatoms. The van der Waals surface area contributed by atoms with Crippen molar-refractivity contribution in [1.82, 2.24) is 18.5 Å². The van der Waals surface area contributed by atoms with Gasteiger partial charge in [-0.3, -0.25) is 13.9 Å². The van der Waals surface area contributed by atoms with E-state index in [9.17, 15) is 9.59 Å². The van der Waals surface area contributed by atoms with Crippen LogP contribution in [0.3, 0.4) is 0 Å². The summed E-state index contributed by atoms with van der Waals surface area (Å²) in [4.78, 5) is 30.3. The van der Waals surface area contributed by atoms with Crippen LogP contribution in [-0.4, -0.2) is 31.5 Å². The Morgan fingerprint density at radius 2 is 1.73 bits per heavy atom. The van der Waals surface area contributed by atoms with Crippen molar-refractivity contribution in [2.24, 2.45) is 0 Å². The molecule has 0 saturated heterocycles. The topological polar surface area (TPSA) is 91.8 Å². The van der Waals surface area contributed by atoms with Gasteiger partial charge in [0.1, 0.15) is 12.3 Å². The van der Waals surface area contributed by atoms with Crippen LogP contribution in [0.2, 0.25) is 0 Å².